The molecule has 1 rings (SSSR count). The molecule has 1 aliphatic rings. The molecule has 0 aromatic heterocycles. The van der Waals surface area contributed by atoms with Crippen LogP contribution in [-0.4, -0.2) is 12.7 Å². The molecule has 1 aliphatic carbocycles. The molecule has 0 N–H and O–H groups in total. The summed E-state index contributed by atoms with van der Waals surface area (Å²) in [4.78, 5) is 0. The van der Waals surface area contributed by atoms with Gasteiger partial charge in [0.25, 0.3) is 0 Å². The van der Waals surface area contributed by atoms with Gasteiger partial charge in [0, 0.05) is 7.11 Å². The Labute approximate surface area is 71.1 Å². The van der Waals surface area contributed by atoms with Crippen LogP contribution in [0.15, 0.2) is 0 Å². The summed E-state index contributed by atoms with van der Waals surface area (Å²) >= 11 is 0. The fourth-order valence-electron chi connectivity index (χ4n) is 1.81. The third kappa shape index (κ3) is 2.48. The second-order valence-corrected chi connectivity index (χ2v) is 3.25. The largest absolute Gasteiger partial charge is 0.378 e. The molecule has 0 aliphatic heterocycles. The normalized spacial score (nSPS) is 35.2. The van der Waals surface area contributed by atoms with E-state index in [1.165, 1.54) is 19.3 Å². The highest BCUT2D eigenvalue weighted by Crippen LogP contribution is 2.42. The monoisotopic (exact) mass is 158 g/mol. The molecule has 0 atom stereocenters. The van der Waals surface area contributed by atoms with Gasteiger partial charge in [-0.05, 0) is 25.2 Å². The summed E-state index contributed by atoms with van der Waals surface area (Å²) in [6.45, 7) is 8.49. The van der Waals surface area contributed by atoms with Crippen LogP contribution in [0.3, 0.4) is 0 Å². The molecule has 0 saturated heterocycles. The summed E-state index contributed by atoms with van der Waals surface area (Å²) in [6, 6.07) is 0. The van der Waals surface area contributed by atoms with Crippen molar-refractivity contribution in [2.24, 2.45) is 5.92 Å². The fourth-order valence-corrected chi connectivity index (χ4v) is 1.81. The topological polar surface area (TPSA) is 9.23 Å². The molecule has 0 aromatic carbocycles. The van der Waals surface area contributed by atoms with Crippen molar-refractivity contribution in [3.63, 3.8) is 0 Å². The lowest BCUT2D eigenvalue weighted by molar-refractivity contribution is -0.102. The Bertz CT molecular complexity index is 87.0. The van der Waals surface area contributed by atoms with E-state index in [2.05, 4.69) is 13.8 Å². The molecule has 0 heterocycles. The Balaban J connectivity index is 0.000000461. The molecular weight excluding hydrogens is 136 g/mol. The zero-order valence-electron chi connectivity index (χ0n) is 8.61. The molecule has 1 saturated carbocycles. The van der Waals surface area contributed by atoms with Crippen LogP contribution in [0.1, 0.15) is 47.0 Å². The minimum absolute atomic E-state index is 0.277. The number of methoxy groups -OCH3 is 1. The second kappa shape index (κ2) is 4.76. The van der Waals surface area contributed by atoms with Crippen molar-refractivity contribution >= 4 is 0 Å². The molecular formula is C10H22O. The quantitative estimate of drug-likeness (QED) is 0.599. The second-order valence-electron chi connectivity index (χ2n) is 3.25. The lowest BCUT2D eigenvalue weighted by atomic mass is 9.70. The van der Waals surface area contributed by atoms with E-state index >= 15 is 0 Å². The van der Waals surface area contributed by atoms with Crippen LogP contribution in [0.4, 0.5) is 0 Å². The van der Waals surface area contributed by atoms with Crippen LogP contribution in [0.25, 0.3) is 0 Å². The SMILES string of the molecule is CC.CCC1(OC)CC(C)C1. The maximum atomic E-state index is 5.39. The van der Waals surface area contributed by atoms with Crippen molar-refractivity contribution in [3.05, 3.63) is 0 Å². The Morgan fingerprint density at radius 2 is 1.82 bits per heavy atom. The van der Waals surface area contributed by atoms with Gasteiger partial charge in [-0.15, -0.1) is 0 Å². The van der Waals surface area contributed by atoms with Crippen LogP contribution < -0.4 is 0 Å². The molecule has 0 amide bonds. The Morgan fingerprint density at radius 3 is 1.91 bits per heavy atom. The maximum absolute atomic E-state index is 5.39. The molecule has 0 unspecified atom stereocenters. The van der Waals surface area contributed by atoms with Crippen LogP contribution in [0, 0.1) is 5.92 Å². The summed E-state index contributed by atoms with van der Waals surface area (Å²) in [7, 11) is 1.83. The van der Waals surface area contributed by atoms with Crippen LogP contribution >= 0.6 is 0 Å². The first kappa shape index (κ1) is 11.0. The lowest BCUT2D eigenvalue weighted by Crippen LogP contribution is -2.43. The van der Waals surface area contributed by atoms with Crippen LogP contribution in [0.5, 0.6) is 0 Å². The van der Waals surface area contributed by atoms with Crippen LogP contribution in [-0.2, 0) is 4.74 Å². The third-order valence-electron chi connectivity index (χ3n) is 2.52. The van der Waals surface area contributed by atoms with E-state index in [0.29, 0.717) is 0 Å². The predicted octanol–water partition coefficient (Wildman–Crippen LogP) is 3.24. The molecule has 11 heavy (non-hydrogen) atoms. The number of rotatable bonds is 2. The average Bonchev–Trinajstić information content (AvgIpc) is 2.02. The Hall–Kier alpha value is -0.0400. The predicted molar refractivity (Wildman–Crippen MR) is 49.8 cm³/mol. The van der Waals surface area contributed by atoms with Gasteiger partial charge < -0.3 is 4.74 Å². The highest BCUT2D eigenvalue weighted by molar-refractivity contribution is 4.92. The van der Waals surface area contributed by atoms with Gasteiger partial charge in [-0.2, -0.15) is 0 Å². The fraction of sp³-hybridized carbons (Fsp3) is 1.00. The van der Waals surface area contributed by atoms with E-state index in [9.17, 15) is 0 Å². The lowest BCUT2D eigenvalue weighted by Gasteiger charge is -2.44. The van der Waals surface area contributed by atoms with Gasteiger partial charge in [-0.25, -0.2) is 0 Å². The van der Waals surface area contributed by atoms with Gasteiger partial charge in [-0.3, -0.25) is 0 Å². The first-order chi connectivity index (χ1) is 5.22. The third-order valence-corrected chi connectivity index (χ3v) is 2.52. The Morgan fingerprint density at radius 1 is 1.36 bits per heavy atom. The minimum atomic E-state index is 0.277. The molecule has 0 spiro atoms. The molecule has 0 bridgehead atoms. The van der Waals surface area contributed by atoms with Crippen molar-refractivity contribution < 1.29 is 4.74 Å². The van der Waals surface area contributed by atoms with Crippen molar-refractivity contribution in [1.82, 2.24) is 0 Å². The van der Waals surface area contributed by atoms with Gasteiger partial charge >= 0.3 is 0 Å². The molecule has 1 heteroatoms. The summed E-state index contributed by atoms with van der Waals surface area (Å²) in [5.41, 5.74) is 0.277. The zero-order valence-corrected chi connectivity index (χ0v) is 8.61. The number of hydrogen-bond donors (Lipinski definition) is 0. The van der Waals surface area contributed by atoms with Crippen molar-refractivity contribution in [1.29, 1.82) is 0 Å². The minimum Gasteiger partial charge on any atom is -0.378 e. The average molecular weight is 158 g/mol. The maximum Gasteiger partial charge on any atom is 0.0681 e. The van der Waals surface area contributed by atoms with E-state index in [-0.39, 0.29) is 5.60 Å². The summed E-state index contributed by atoms with van der Waals surface area (Å²) in [5, 5.41) is 0. The summed E-state index contributed by atoms with van der Waals surface area (Å²) in [5.74, 6) is 0.893. The molecule has 0 aromatic rings. The highest BCUT2D eigenvalue weighted by Gasteiger charge is 2.40. The van der Waals surface area contributed by atoms with Crippen molar-refractivity contribution in [2.45, 2.75) is 52.6 Å². The molecule has 1 fully saturated rings. The standard InChI is InChI=1S/C8H16O.C2H6/c1-4-8(9-3)5-7(2)6-8;1-2/h7H,4-6H2,1-3H3;1-2H3. The molecule has 0 radical (unpaired) electrons. The first-order valence-corrected chi connectivity index (χ1v) is 4.77. The highest BCUT2D eigenvalue weighted by atomic mass is 16.5. The number of hydrogen-bond acceptors (Lipinski definition) is 1. The van der Waals surface area contributed by atoms with Gasteiger partial charge in [0.2, 0.25) is 0 Å². The zero-order chi connectivity index (χ0) is 8.91. The van der Waals surface area contributed by atoms with Gasteiger partial charge in [0.15, 0.2) is 0 Å². The van der Waals surface area contributed by atoms with Crippen molar-refractivity contribution in [2.75, 3.05) is 7.11 Å². The van der Waals surface area contributed by atoms with E-state index in [1.54, 1.807) is 0 Å². The van der Waals surface area contributed by atoms with E-state index in [0.717, 1.165) is 5.92 Å². The summed E-state index contributed by atoms with van der Waals surface area (Å²) < 4.78 is 5.39. The first-order valence-electron chi connectivity index (χ1n) is 4.77. The molecule has 1 nitrogen and oxygen atoms in total. The molecule has 68 valence electrons. The van der Waals surface area contributed by atoms with E-state index < -0.39 is 0 Å². The van der Waals surface area contributed by atoms with Crippen LogP contribution in [0.2, 0.25) is 0 Å². The number of ether oxygens (including phenoxy) is 1. The summed E-state index contributed by atoms with van der Waals surface area (Å²) in [6.07, 6.45) is 3.70. The van der Waals surface area contributed by atoms with Gasteiger partial charge in [0.1, 0.15) is 0 Å². The van der Waals surface area contributed by atoms with Gasteiger partial charge in [-0.1, -0.05) is 27.7 Å². The van der Waals surface area contributed by atoms with E-state index in [1.807, 2.05) is 21.0 Å². The van der Waals surface area contributed by atoms with Gasteiger partial charge in [0.05, 0.1) is 5.60 Å². The van der Waals surface area contributed by atoms with E-state index in [4.69, 9.17) is 4.74 Å². The Kier molecular flexibility index (Phi) is 4.74. The van der Waals surface area contributed by atoms with Crippen molar-refractivity contribution in [3.8, 4) is 0 Å². The smallest absolute Gasteiger partial charge is 0.0681 e.